The molecule has 1 aliphatic carbocycles. The zero-order valence-corrected chi connectivity index (χ0v) is 19.8. The summed E-state index contributed by atoms with van der Waals surface area (Å²) < 4.78 is 0.938. The van der Waals surface area contributed by atoms with E-state index < -0.39 is 0 Å². The summed E-state index contributed by atoms with van der Waals surface area (Å²) in [5.74, 6) is 0.834. The third kappa shape index (κ3) is 5.73. The van der Waals surface area contributed by atoms with Crippen molar-refractivity contribution in [1.82, 2.24) is 9.97 Å². The van der Waals surface area contributed by atoms with Crippen LogP contribution in [0.1, 0.15) is 24.2 Å². The molecule has 0 amide bonds. The summed E-state index contributed by atoms with van der Waals surface area (Å²) >= 11 is 3.35. The first-order valence-corrected chi connectivity index (χ1v) is 12.8. The van der Waals surface area contributed by atoms with Crippen molar-refractivity contribution < 1.29 is 4.48 Å². The Morgan fingerprint density at radius 2 is 1.25 bits per heavy atom. The molecule has 5 nitrogen and oxygen atoms in total. The van der Waals surface area contributed by atoms with Gasteiger partial charge in [-0.05, 0) is 37.1 Å². The number of hydrogen-bond donors (Lipinski definition) is 2. The maximum Gasteiger partial charge on any atom is 0.187 e. The topological polar surface area (TPSA) is 49.8 Å². The normalized spacial score (nSPS) is 13.8. The number of nitrogens with zero attached hydrogens (tertiary/aromatic N) is 3. The molecule has 0 atom stereocenters. The Balaban J connectivity index is 1.27. The van der Waals surface area contributed by atoms with Crippen LogP contribution >= 0.6 is 22.7 Å². The van der Waals surface area contributed by atoms with Crippen molar-refractivity contribution in [2.45, 2.75) is 25.9 Å². The van der Waals surface area contributed by atoms with Gasteiger partial charge in [0.05, 0.1) is 13.6 Å². The second-order valence-electron chi connectivity index (χ2n) is 8.83. The van der Waals surface area contributed by atoms with Crippen LogP contribution < -0.4 is 10.6 Å². The predicted octanol–water partition coefficient (Wildman–Crippen LogP) is 6.64. The maximum absolute atomic E-state index is 4.88. The fourth-order valence-corrected chi connectivity index (χ4v) is 5.50. The Kier molecular flexibility index (Phi) is 6.21. The van der Waals surface area contributed by atoms with Gasteiger partial charge in [-0.1, -0.05) is 36.4 Å². The highest BCUT2D eigenvalue weighted by atomic mass is 32.1. The molecule has 0 aliphatic heterocycles. The fraction of sp³-hybridized carbons (Fsp3) is 0.280. The number of benzene rings is 2. The van der Waals surface area contributed by atoms with Gasteiger partial charge in [-0.25, -0.2) is 9.97 Å². The average Bonchev–Trinajstić information content (AvgIpc) is 3.32. The van der Waals surface area contributed by atoms with Gasteiger partial charge in [0.25, 0.3) is 0 Å². The van der Waals surface area contributed by atoms with Gasteiger partial charge in [-0.3, -0.25) is 0 Å². The number of rotatable bonds is 10. The van der Waals surface area contributed by atoms with E-state index in [0.717, 1.165) is 56.5 Å². The van der Waals surface area contributed by atoms with Crippen LogP contribution in [0.3, 0.4) is 0 Å². The molecule has 1 fully saturated rings. The van der Waals surface area contributed by atoms with E-state index in [1.165, 1.54) is 19.4 Å². The Hall–Kier alpha value is -2.74. The second-order valence-corrected chi connectivity index (χ2v) is 10.5. The van der Waals surface area contributed by atoms with Crippen molar-refractivity contribution in [3.05, 3.63) is 82.8 Å². The molecule has 0 spiro atoms. The molecule has 0 unspecified atom stereocenters. The van der Waals surface area contributed by atoms with Crippen LogP contribution in [0.25, 0.3) is 0 Å². The molecule has 2 aromatic heterocycles. The van der Waals surface area contributed by atoms with Gasteiger partial charge >= 0.3 is 0 Å². The Morgan fingerprint density at radius 1 is 0.781 bits per heavy atom. The zero-order valence-electron chi connectivity index (χ0n) is 18.2. The van der Waals surface area contributed by atoms with Crippen molar-refractivity contribution in [3.8, 4) is 0 Å². The summed E-state index contributed by atoms with van der Waals surface area (Å²) in [5.41, 5.74) is 4.44. The lowest BCUT2D eigenvalue weighted by atomic mass is 10.2. The average molecular weight is 463 g/mol. The third-order valence-electron chi connectivity index (χ3n) is 5.64. The van der Waals surface area contributed by atoms with Crippen LogP contribution in [0.5, 0.6) is 0 Å². The third-order valence-corrected chi connectivity index (χ3v) is 7.25. The number of aromatic nitrogens is 2. The molecular weight excluding hydrogens is 434 g/mol. The van der Waals surface area contributed by atoms with Gasteiger partial charge in [-0.15, -0.1) is 22.7 Å². The van der Waals surface area contributed by atoms with Crippen LogP contribution in [-0.4, -0.2) is 28.0 Å². The number of para-hydroxylation sites is 2. The Bertz CT molecular complexity index is 1050. The van der Waals surface area contributed by atoms with Crippen LogP contribution in [0.15, 0.2) is 71.4 Å². The van der Waals surface area contributed by atoms with Crippen LogP contribution in [0.4, 0.5) is 21.6 Å². The molecule has 0 bridgehead atoms. The van der Waals surface area contributed by atoms with Gasteiger partial charge in [0.15, 0.2) is 10.3 Å². The maximum atomic E-state index is 4.88. The van der Waals surface area contributed by atoms with Crippen LogP contribution in [0, 0.1) is 5.92 Å². The van der Waals surface area contributed by atoms with Gasteiger partial charge in [0.2, 0.25) is 0 Å². The number of nitrogens with one attached hydrogen (secondary N) is 2. The van der Waals surface area contributed by atoms with Gasteiger partial charge < -0.3 is 15.1 Å². The standard InChI is InChI=1S/C25H28N5S2/c1-30(14-19-12-13-19,15-22-17-31-24(28-22)26-20-8-4-2-5-9-20)16-23-18-32-25(29-23)27-21-10-6-3-7-11-21/h2-11,17-19H,12-16H2,1H3,(H,26,28)(H,27,29)/q+1. The van der Waals surface area contributed by atoms with E-state index in [9.17, 15) is 0 Å². The van der Waals surface area contributed by atoms with Crippen molar-refractivity contribution in [1.29, 1.82) is 0 Å². The second kappa shape index (κ2) is 9.40. The summed E-state index contributed by atoms with van der Waals surface area (Å²) in [6.07, 6.45) is 2.70. The molecule has 4 aromatic rings. The summed E-state index contributed by atoms with van der Waals surface area (Å²) in [5, 5.41) is 13.1. The van der Waals surface area contributed by atoms with Crippen molar-refractivity contribution in [2.24, 2.45) is 5.92 Å². The molecule has 5 rings (SSSR count). The van der Waals surface area contributed by atoms with Gasteiger partial charge in [-0.2, -0.15) is 0 Å². The van der Waals surface area contributed by atoms with E-state index >= 15 is 0 Å². The van der Waals surface area contributed by atoms with E-state index in [0.29, 0.717) is 0 Å². The first kappa shape index (κ1) is 21.1. The quantitative estimate of drug-likeness (QED) is 0.259. The van der Waals surface area contributed by atoms with E-state index in [-0.39, 0.29) is 0 Å². The Labute approximate surface area is 197 Å². The molecule has 2 N–H and O–H groups in total. The van der Waals surface area contributed by atoms with E-state index in [1.807, 2.05) is 36.4 Å². The minimum Gasteiger partial charge on any atom is -0.332 e. The first-order valence-electron chi connectivity index (χ1n) is 11.0. The molecule has 2 aromatic carbocycles. The summed E-state index contributed by atoms with van der Waals surface area (Å²) in [4.78, 5) is 9.77. The van der Waals surface area contributed by atoms with Crippen molar-refractivity contribution in [3.63, 3.8) is 0 Å². The monoisotopic (exact) mass is 462 g/mol. The molecule has 0 saturated heterocycles. The van der Waals surface area contributed by atoms with Crippen molar-refractivity contribution >= 4 is 44.3 Å². The SMILES string of the molecule is C[N+](Cc1csc(Nc2ccccc2)n1)(Cc1csc(Nc2ccccc2)n1)CC1CC1. The fourth-order valence-electron chi connectivity index (χ4n) is 4.05. The zero-order chi connectivity index (χ0) is 21.8. The molecule has 7 heteroatoms. The first-order chi connectivity index (χ1) is 15.6. The predicted molar refractivity (Wildman–Crippen MR) is 135 cm³/mol. The Morgan fingerprint density at radius 3 is 1.69 bits per heavy atom. The summed E-state index contributed by atoms with van der Waals surface area (Å²) in [6, 6.07) is 20.5. The highest BCUT2D eigenvalue weighted by Gasteiger charge is 2.34. The minimum atomic E-state index is 0.834. The van der Waals surface area contributed by atoms with Crippen molar-refractivity contribution in [2.75, 3.05) is 24.2 Å². The van der Waals surface area contributed by atoms with Crippen LogP contribution in [0.2, 0.25) is 0 Å². The van der Waals surface area contributed by atoms with E-state index in [2.05, 4.69) is 52.7 Å². The van der Waals surface area contributed by atoms with Gasteiger partial charge in [0.1, 0.15) is 24.5 Å². The minimum absolute atomic E-state index is 0.834. The number of anilines is 4. The lowest BCUT2D eigenvalue weighted by Gasteiger charge is -2.33. The molecule has 1 saturated carbocycles. The van der Waals surface area contributed by atoms with Gasteiger partial charge in [0, 0.05) is 28.1 Å². The highest BCUT2D eigenvalue weighted by Crippen LogP contribution is 2.34. The van der Waals surface area contributed by atoms with E-state index in [4.69, 9.17) is 9.97 Å². The molecule has 164 valence electrons. The number of hydrogen-bond acceptors (Lipinski definition) is 6. The lowest BCUT2D eigenvalue weighted by molar-refractivity contribution is -0.937. The van der Waals surface area contributed by atoms with E-state index in [1.54, 1.807) is 22.7 Å². The lowest BCUT2D eigenvalue weighted by Crippen LogP contribution is -2.44. The number of thiazole rings is 2. The number of quaternary nitrogens is 1. The molecule has 32 heavy (non-hydrogen) atoms. The molecular formula is C25H28N5S2+. The summed E-state index contributed by atoms with van der Waals surface area (Å²) in [6.45, 7) is 3.02. The summed E-state index contributed by atoms with van der Waals surface area (Å²) in [7, 11) is 2.35. The molecule has 0 radical (unpaired) electrons. The smallest absolute Gasteiger partial charge is 0.187 e. The molecule has 1 aliphatic rings. The highest BCUT2D eigenvalue weighted by molar-refractivity contribution is 7.14. The van der Waals surface area contributed by atoms with Crippen LogP contribution in [-0.2, 0) is 13.1 Å². The molecule has 2 heterocycles. The largest absolute Gasteiger partial charge is 0.332 e.